The molecule has 1 heterocycles. The number of likely N-dealkylation sites (N-methyl/N-ethyl adjacent to an activating group) is 1. The summed E-state index contributed by atoms with van der Waals surface area (Å²) in [7, 11) is 2.03. The lowest BCUT2D eigenvalue weighted by Gasteiger charge is -2.19. The average Bonchev–Trinajstić information content (AvgIpc) is 2.79. The molecule has 1 aromatic carbocycles. The molecule has 0 saturated carbocycles. The summed E-state index contributed by atoms with van der Waals surface area (Å²) in [4.78, 5) is 2.17. The Morgan fingerprint density at radius 3 is 3.11 bits per heavy atom. The van der Waals surface area contributed by atoms with Crippen LogP contribution >= 0.6 is 0 Å². The van der Waals surface area contributed by atoms with Crippen molar-refractivity contribution >= 4 is 5.84 Å². The molecule has 0 fully saturated rings. The van der Waals surface area contributed by atoms with E-state index in [4.69, 9.17) is 15.7 Å². The van der Waals surface area contributed by atoms with Gasteiger partial charge in [0.05, 0.1) is 6.61 Å². The van der Waals surface area contributed by atoms with Crippen molar-refractivity contribution in [1.82, 2.24) is 4.90 Å². The van der Waals surface area contributed by atoms with Gasteiger partial charge in [-0.2, -0.15) is 0 Å². The maximum atomic E-state index is 8.49. The normalized spacial score (nSPS) is 18.8. The van der Waals surface area contributed by atoms with Crippen molar-refractivity contribution < 1.29 is 9.94 Å². The van der Waals surface area contributed by atoms with Crippen LogP contribution in [0.3, 0.4) is 0 Å². The predicted octanol–water partition coefficient (Wildman–Crippen LogP) is 1.23. The molecular formula is C13H19N3O2. The van der Waals surface area contributed by atoms with Gasteiger partial charge in [0.1, 0.15) is 11.6 Å². The quantitative estimate of drug-likeness (QED) is 0.356. The van der Waals surface area contributed by atoms with Crippen molar-refractivity contribution in [3.05, 3.63) is 29.8 Å². The fraction of sp³-hybridized carbons (Fsp3) is 0.462. The highest BCUT2D eigenvalue weighted by Crippen LogP contribution is 2.33. The molecule has 1 aliphatic heterocycles. The van der Waals surface area contributed by atoms with Crippen LogP contribution in [0.4, 0.5) is 0 Å². The minimum absolute atomic E-state index is 0.268. The second-order valence-electron chi connectivity index (χ2n) is 4.65. The van der Waals surface area contributed by atoms with Gasteiger partial charge in [0, 0.05) is 31.0 Å². The van der Waals surface area contributed by atoms with Crippen molar-refractivity contribution in [3.63, 3.8) is 0 Å². The average molecular weight is 249 g/mol. The lowest BCUT2D eigenvalue weighted by molar-refractivity contribution is 0.269. The zero-order valence-electron chi connectivity index (χ0n) is 10.5. The van der Waals surface area contributed by atoms with E-state index in [0.29, 0.717) is 12.3 Å². The van der Waals surface area contributed by atoms with Crippen LogP contribution in [0.25, 0.3) is 0 Å². The Hall–Kier alpha value is -1.75. The molecular weight excluding hydrogens is 230 g/mol. The summed E-state index contributed by atoms with van der Waals surface area (Å²) in [5, 5.41) is 11.5. The third kappa shape index (κ3) is 2.92. The summed E-state index contributed by atoms with van der Waals surface area (Å²) in [6, 6.07) is 8.15. The fourth-order valence-electron chi connectivity index (χ4n) is 2.20. The minimum atomic E-state index is 0.268. The molecule has 0 amide bonds. The van der Waals surface area contributed by atoms with Crippen molar-refractivity contribution in [2.24, 2.45) is 10.9 Å². The molecule has 5 heteroatoms. The maximum Gasteiger partial charge on any atom is 0.140 e. The molecule has 0 aromatic heterocycles. The fourth-order valence-corrected chi connectivity index (χ4v) is 2.20. The van der Waals surface area contributed by atoms with E-state index in [0.717, 1.165) is 25.4 Å². The van der Waals surface area contributed by atoms with E-state index >= 15 is 0 Å². The first kappa shape index (κ1) is 12.7. The lowest BCUT2D eigenvalue weighted by Crippen LogP contribution is -2.29. The van der Waals surface area contributed by atoms with Crippen molar-refractivity contribution in [2.45, 2.75) is 12.3 Å². The lowest BCUT2D eigenvalue weighted by atomic mass is 10.0. The molecule has 2 rings (SSSR count). The van der Waals surface area contributed by atoms with E-state index in [-0.39, 0.29) is 5.84 Å². The monoisotopic (exact) mass is 249 g/mol. The minimum Gasteiger partial charge on any atom is -0.493 e. The van der Waals surface area contributed by atoms with Crippen LogP contribution in [0.15, 0.2) is 29.4 Å². The topological polar surface area (TPSA) is 71.1 Å². The van der Waals surface area contributed by atoms with Crippen LogP contribution in [0, 0.1) is 0 Å². The number of hydrogen-bond donors (Lipinski definition) is 2. The predicted molar refractivity (Wildman–Crippen MR) is 70.2 cm³/mol. The second-order valence-corrected chi connectivity index (χ2v) is 4.65. The number of nitrogens with two attached hydrogens (primary N) is 1. The van der Waals surface area contributed by atoms with Crippen LogP contribution in [-0.4, -0.2) is 42.7 Å². The highest BCUT2D eigenvalue weighted by Gasteiger charge is 2.24. The van der Waals surface area contributed by atoms with Gasteiger partial charge in [-0.15, -0.1) is 0 Å². The summed E-state index contributed by atoms with van der Waals surface area (Å²) >= 11 is 0. The van der Waals surface area contributed by atoms with Crippen LogP contribution in [0.1, 0.15) is 17.9 Å². The van der Waals surface area contributed by atoms with E-state index in [9.17, 15) is 0 Å². The molecule has 18 heavy (non-hydrogen) atoms. The number of ether oxygens (including phenoxy) is 1. The van der Waals surface area contributed by atoms with Gasteiger partial charge in [0.2, 0.25) is 0 Å². The number of amidine groups is 1. The largest absolute Gasteiger partial charge is 0.493 e. The number of rotatable bonds is 5. The summed E-state index contributed by atoms with van der Waals surface area (Å²) < 4.78 is 5.64. The third-order valence-corrected chi connectivity index (χ3v) is 3.21. The Morgan fingerprint density at radius 2 is 2.33 bits per heavy atom. The molecule has 1 unspecified atom stereocenters. The van der Waals surface area contributed by atoms with Crippen LogP contribution in [-0.2, 0) is 0 Å². The van der Waals surface area contributed by atoms with E-state index in [1.54, 1.807) is 0 Å². The maximum absolute atomic E-state index is 8.49. The van der Waals surface area contributed by atoms with Crippen molar-refractivity contribution in [1.29, 1.82) is 0 Å². The SMILES string of the molecule is CN(CCC(N)=NO)CC1COc2ccccc21. The zero-order chi connectivity index (χ0) is 13.0. The molecule has 98 valence electrons. The Kier molecular flexibility index (Phi) is 4.04. The highest BCUT2D eigenvalue weighted by atomic mass is 16.5. The molecule has 0 spiro atoms. The van der Waals surface area contributed by atoms with Crippen molar-refractivity contribution in [2.75, 3.05) is 26.7 Å². The van der Waals surface area contributed by atoms with E-state index in [1.807, 2.05) is 25.2 Å². The zero-order valence-corrected chi connectivity index (χ0v) is 10.5. The summed E-state index contributed by atoms with van der Waals surface area (Å²) in [6.45, 7) is 2.41. The number of fused-ring (bicyclic) bond motifs is 1. The van der Waals surface area contributed by atoms with Gasteiger partial charge < -0.3 is 20.6 Å². The standard InChI is InChI=1S/C13H19N3O2/c1-16(7-6-13(14)15-17)8-10-9-18-12-5-3-2-4-11(10)12/h2-5,10,17H,6-9H2,1H3,(H2,14,15). The molecule has 3 N–H and O–H groups in total. The molecule has 0 aliphatic carbocycles. The number of nitrogens with zero attached hydrogens (tertiary/aromatic N) is 2. The molecule has 1 atom stereocenters. The van der Waals surface area contributed by atoms with Crippen molar-refractivity contribution in [3.8, 4) is 5.75 Å². The first-order valence-electron chi connectivity index (χ1n) is 6.07. The second kappa shape index (κ2) is 5.73. The van der Waals surface area contributed by atoms with Crippen LogP contribution < -0.4 is 10.5 Å². The van der Waals surface area contributed by atoms with Crippen LogP contribution in [0.5, 0.6) is 5.75 Å². The first-order valence-corrected chi connectivity index (χ1v) is 6.07. The Morgan fingerprint density at radius 1 is 1.56 bits per heavy atom. The summed E-state index contributed by atoms with van der Waals surface area (Å²) in [5.41, 5.74) is 6.73. The molecule has 0 bridgehead atoms. The summed E-state index contributed by atoms with van der Waals surface area (Å²) in [6.07, 6.45) is 0.572. The number of hydrogen-bond acceptors (Lipinski definition) is 4. The number of para-hydroxylation sites is 1. The Bertz CT molecular complexity index is 434. The molecule has 1 aromatic rings. The first-order chi connectivity index (χ1) is 8.70. The summed E-state index contributed by atoms with van der Waals surface area (Å²) in [5.74, 6) is 1.66. The molecule has 0 saturated heterocycles. The van der Waals surface area contributed by atoms with Gasteiger partial charge in [0.15, 0.2) is 0 Å². The molecule has 0 radical (unpaired) electrons. The molecule has 5 nitrogen and oxygen atoms in total. The third-order valence-electron chi connectivity index (χ3n) is 3.21. The smallest absolute Gasteiger partial charge is 0.140 e. The van der Waals surface area contributed by atoms with Gasteiger partial charge >= 0.3 is 0 Å². The number of oxime groups is 1. The van der Waals surface area contributed by atoms with E-state index in [1.165, 1.54) is 5.56 Å². The van der Waals surface area contributed by atoms with Crippen LogP contribution in [0.2, 0.25) is 0 Å². The van der Waals surface area contributed by atoms with Gasteiger partial charge in [-0.3, -0.25) is 0 Å². The van der Waals surface area contributed by atoms with Gasteiger partial charge in [-0.05, 0) is 13.1 Å². The van der Waals surface area contributed by atoms with Gasteiger partial charge in [-0.25, -0.2) is 0 Å². The van der Waals surface area contributed by atoms with Gasteiger partial charge in [0.25, 0.3) is 0 Å². The highest BCUT2D eigenvalue weighted by molar-refractivity contribution is 5.79. The van der Waals surface area contributed by atoms with E-state index in [2.05, 4.69) is 16.1 Å². The molecule has 1 aliphatic rings. The van der Waals surface area contributed by atoms with E-state index < -0.39 is 0 Å². The van der Waals surface area contributed by atoms with Gasteiger partial charge in [-0.1, -0.05) is 23.4 Å². The number of benzene rings is 1. The Balaban J connectivity index is 1.88. The Labute approximate surface area is 107 Å².